The Morgan fingerprint density at radius 1 is 1.09 bits per heavy atom. The third-order valence-electron chi connectivity index (χ3n) is 5.40. The maximum Gasteiger partial charge on any atom is 0.321 e. The maximum absolute atomic E-state index is 12.9. The first-order chi connectivity index (χ1) is 15.9. The summed E-state index contributed by atoms with van der Waals surface area (Å²) in [6.07, 6.45) is -0.427. The molecule has 2 N–H and O–H groups in total. The predicted molar refractivity (Wildman–Crippen MR) is 121 cm³/mol. The van der Waals surface area contributed by atoms with Crippen molar-refractivity contribution in [1.82, 2.24) is 10.6 Å². The minimum absolute atomic E-state index is 0.0182. The number of ether oxygens (including phenoxy) is 1. The van der Waals surface area contributed by atoms with E-state index in [2.05, 4.69) is 10.6 Å². The molecule has 3 amide bonds. The molecule has 1 saturated heterocycles. The second-order valence-electron chi connectivity index (χ2n) is 7.58. The molecule has 0 bridgehead atoms. The quantitative estimate of drug-likeness (QED) is 0.374. The lowest BCUT2D eigenvalue weighted by Gasteiger charge is -2.32. The highest BCUT2D eigenvalue weighted by atomic mass is 16.6. The van der Waals surface area contributed by atoms with Crippen LogP contribution in [0.1, 0.15) is 31.4 Å². The van der Waals surface area contributed by atoms with E-state index in [1.165, 1.54) is 6.07 Å². The van der Waals surface area contributed by atoms with Crippen molar-refractivity contribution >= 4 is 29.3 Å². The van der Waals surface area contributed by atoms with Crippen LogP contribution >= 0.6 is 0 Å². The molecule has 33 heavy (non-hydrogen) atoms. The van der Waals surface area contributed by atoms with Crippen molar-refractivity contribution in [2.24, 2.45) is 5.92 Å². The Kier molecular flexibility index (Phi) is 7.96. The molecule has 2 aromatic carbocycles. The van der Waals surface area contributed by atoms with Crippen molar-refractivity contribution in [1.29, 1.82) is 0 Å². The fourth-order valence-corrected chi connectivity index (χ4v) is 3.74. The number of imide groups is 1. The number of para-hydroxylation sites is 2. The predicted octanol–water partition coefficient (Wildman–Crippen LogP) is 2.94. The number of piperidine rings is 1. The summed E-state index contributed by atoms with van der Waals surface area (Å²) in [5.41, 5.74) is 0.979. The first kappa shape index (κ1) is 23.7. The maximum atomic E-state index is 12.9. The summed E-state index contributed by atoms with van der Waals surface area (Å²) in [4.78, 5) is 50.1. The highest BCUT2D eigenvalue weighted by molar-refractivity contribution is 5.97. The lowest BCUT2D eigenvalue weighted by Crippen LogP contribution is -2.43. The highest BCUT2D eigenvalue weighted by Crippen LogP contribution is 2.32. The van der Waals surface area contributed by atoms with E-state index in [-0.39, 0.29) is 5.69 Å². The van der Waals surface area contributed by atoms with Gasteiger partial charge in [0.1, 0.15) is 5.69 Å². The fraction of sp³-hybridized carbons (Fsp3) is 0.348. The molecule has 0 aliphatic carbocycles. The number of esters is 1. The second-order valence-corrected chi connectivity index (χ2v) is 7.58. The van der Waals surface area contributed by atoms with Gasteiger partial charge in [0.25, 0.3) is 11.6 Å². The van der Waals surface area contributed by atoms with Crippen molar-refractivity contribution in [2.75, 3.05) is 24.5 Å². The van der Waals surface area contributed by atoms with Crippen LogP contribution in [0.5, 0.6) is 0 Å². The molecule has 1 fully saturated rings. The molecule has 0 saturated carbocycles. The molecule has 0 aromatic heterocycles. The fourth-order valence-electron chi connectivity index (χ4n) is 3.74. The van der Waals surface area contributed by atoms with E-state index in [9.17, 15) is 24.5 Å². The van der Waals surface area contributed by atoms with Crippen LogP contribution in [-0.2, 0) is 14.3 Å². The largest absolute Gasteiger partial charge is 0.447 e. The third kappa shape index (κ3) is 6.06. The van der Waals surface area contributed by atoms with Crippen molar-refractivity contribution in [3.63, 3.8) is 0 Å². The number of anilines is 1. The van der Waals surface area contributed by atoms with Crippen molar-refractivity contribution in [3.8, 4) is 0 Å². The first-order valence-corrected chi connectivity index (χ1v) is 10.7. The Morgan fingerprint density at radius 2 is 1.73 bits per heavy atom. The van der Waals surface area contributed by atoms with Gasteiger partial charge in [-0.15, -0.1) is 0 Å². The highest BCUT2D eigenvalue weighted by Gasteiger charge is 2.33. The van der Waals surface area contributed by atoms with Gasteiger partial charge in [-0.2, -0.15) is 0 Å². The van der Waals surface area contributed by atoms with Gasteiger partial charge >= 0.3 is 12.0 Å². The van der Waals surface area contributed by atoms with E-state index >= 15 is 0 Å². The van der Waals surface area contributed by atoms with Crippen LogP contribution < -0.4 is 15.5 Å². The van der Waals surface area contributed by atoms with Crippen LogP contribution in [0.3, 0.4) is 0 Å². The van der Waals surface area contributed by atoms with Crippen LogP contribution in [0.15, 0.2) is 54.6 Å². The van der Waals surface area contributed by atoms with Gasteiger partial charge < -0.3 is 15.0 Å². The first-order valence-electron chi connectivity index (χ1n) is 10.7. The number of benzene rings is 2. The number of carbonyl (C=O) groups is 3. The number of urea groups is 1. The Labute approximate surface area is 191 Å². The van der Waals surface area contributed by atoms with Crippen molar-refractivity contribution in [2.45, 2.75) is 25.9 Å². The van der Waals surface area contributed by atoms with Gasteiger partial charge in [-0.3, -0.25) is 25.0 Å². The molecular formula is C23H26N4O6. The van der Waals surface area contributed by atoms with Crippen LogP contribution in [-0.4, -0.2) is 42.5 Å². The van der Waals surface area contributed by atoms with Gasteiger partial charge in [0.2, 0.25) is 6.10 Å². The number of nitro benzene ring substituents is 1. The molecule has 10 nitrogen and oxygen atoms in total. The summed E-state index contributed by atoms with van der Waals surface area (Å²) >= 11 is 0. The number of nitrogens with zero attached hydrogens (tertiary/aromatic N) is 2. The van der Waals surface area contributed by atoms with E-state index in [1.807, 2.05) is 4.90 Å². The summed E-state index contributed by atoms with van der Waals surface area (Å²) in [5.74, 6) is -1.75. The number of hydrogen-bond donors (Lipinski definition) is 2. The SMILES string of the molecule is CCNC(=O)NC(=O)C(OC(=O)C1CCN(c2ccccc2[N+](=O)[O-])CC1)c1ccccc1. The molecule has 1 aliphatic heterocycles. The van der Waals surface area contributed by atoms with Crippen LogP contribution in [0.2, 0.25) is 0 Å². The minimum Gasteiger partial charge on any atom is -0.447 e. The second kappa shape index (κ2) is 11.1. The van der Waals surface area contributed by atoms with Crippen LogP contribution in [0.4, 0.5) is 16.2 Å². The van der Waals surface area contributed by atoms with Crippen molar-refractivity contribution < 1.29 is 24.0 Å². The van der Waals surface area contributed by atoms with Crippen LogP contribution in [0, 0.1) is 16.0 Å². The number of amides is 3. The lowest BCUT2D eigenvalue weighted by atomic mass is 9.96. The third-order valence-corrected chi connectivity index (χ3v) is 5.40. The average molecular weight is 454 g/mol. The van der Waals surface area contributed by atoms with Gasteiger partial charge in [0.15, 0.2) is 0 Å². The molecule has 0 radical (unpaired) electrons. The molecule has 174 valence electrons. The molecular weight excluding hydrogens is 428 g/mol. The van der Waals surface area contributed by atoms with E-state index in [1.54, 1.807) is 55.5 Å². The molecule has 1 heterocycles. The van der Waals surface area contributed by atoms with Gasteiger partial charge in [0, 0.05) is 31.3 Å². The Balaban J connectivity index is 1.66. The van der Waals surface area contributed by atoms with Gasteiger partial charge in [-0.25, -0.2) is 4.79 Å². The Hall–Kier alpha value is -3.95. The number of nitrogens with one attached hydrogen (secondary N) is 2. The van der Waals surface area contributed by atoms with E-state index in [0.29, 0.717) is 43.7 Å². The molecule has 10 heteroatoms. The summed E-state index contributed by atoms with van der Waals surface area (Å²) in [7, 11) is 0. The molecule has 2 aromatic rings. The topological polar surface area (TPSA) is 131 Å². The van der Waals surface area contributed by atoms with E-state index < -0.39 is 34.9 Å². The number of carbonyl (C=O) groups excluding carboxylic acids is 3. The monoisotopic (exact) mass is 454 g/mol. The zero-order chi connectivity index (χ0) is 23.8. The normalized spacial score (nSPS) is 14.8. The molecule has 1 atom stereocenters. The molecule has 3 rings (SSSR count). The molecule has 0 spiro atoms. The number of rotatable bonds is 7. The molecule has 1 unspecified atom stereocenters. The van der Waals surface area contributed by atoms with E-state index in [0.717, 1.165) is 0 Å². The standard InChI is InChI=1S/C23H26N4O6/c1-2-24-23(30)25-21(28)20(16-8-4-3-5-9-16)33-22(29)17-12-14-26(15-13-17)18-10-6-7-11-19(18)27(31)32/h3-11,17,20H,2,12-15H2,1H3,(H2,24,25,28,30). The summed E-state index contributed by atoms with van der Waals surface area (Å²) < 4.78 is 5.56. The summed E-state index contributed by atoms with van der Waals surface area (Å²) in [5, 5.41) is 16.0. The van der Waals surface area contributed by atoms with Gasteiger partial charge in [0.05, 0.1) is 10.8 Å². The zero-order valence-corrected chi connectivity index (χ0v) is 18.2. The van der Waals surface area contributed by atoms with Crippen molar-refractivity contribution in [3.05, 3.63) is 70.3 Å². The van der Waals surface area contributed by atoms with Gasteiger partial charge in [-0.05, 0) is 25.8 Å². The molecule has 1 aliphatic rings. The van der Waals surface area contributed by atoms with Crippen LogP contribution in [0.25, 0.3) is 0 Å². The van der Waals surface area contributed by atoms with E-state index in [4.69, 9.17) is 4.74 Å². The smallest absolute Gasteiger partial charge is 0.321 e. The average Bonchev–Trinajstić information content (AvgIpc) is 2.83. The minimum atomic E-state index is -1.27. The number of hydrogen-bond acceptors (Lipinski definition) is 7. The Bertz CT molecular complexity index is 1010. The summed E-state index contributed by atoms with van der Waals surface area (Å²) in [6.45, 7) is 2.93. The Morgan fingerprint density at radius 3 is 2.36 bits per heavy atom. The summed E-state index contributed by atoms with van der Waals surface area (Å²) in [6, 6.07) is 14.3. The number of nitro groups is 1. The zero-order valence-electron chi connectivity index (χ0n) is 18.2. The lowest BCUT2D eigenvalue weighted by molar-refractivity contribution is -0.384. The van der Waals surface area contributed by atoms with Gasteiger partial charge in [-0.1, -0.05) is 42.5 Å².